The topological polar surface area (TPSA) is 83.1 Å². The molecule has 0 aromatic carbocycles. The first-order valence-electron chi connectivity index (χ1n) is 4.51. The van der Waals surface area contributed by atoms with Gasteiger partial charge in [0.15, 0.2) is 0 Å². The van der Waals surface area contributed by atoms with E-state index in [0.717, 1.165) is 0 Å². The van der Waals surface area contributed by atoms with Gasteiger partial charge in [0.05, 0.1) is 18.3 Å². The summed E-state index contributed by atoms with van der Waals surface area (Å²) in [5.74, 6) is -0.428. The third-order valence-electron chi connectivity index (χ3n) is 2.02. The van der Waals surface area contributed by atoms with Crippen LogP contribution in [0.4, 0.5) is 5.69 Å². The Hall–Kier alpha value is -1.95. The van der Waals surface area contributed by atoms with E-state index in [-0.39, 0.29) is 18.2 Å². The van der Waals surface area contributed by atoms with Crippen molar-refractivity contribution in [2.45, 2.75) is 12.5 Å². The molecule has 3 N–H and O–H groups in total. The number of anilines is 1. The fraction of sp³-hybridized carbons (Fsp3) is 0.222. The Kier molecular flexibility index (Phi) is 2.59. The maximum Gasteiger partial charge on any atom is 0.243 e. The lowest BCUT2D eigenvalue weighted by Gasteiger charge is -2.08. The second-order valence-electron chi connectivity index (χ2n) is 3.18. The molecule has 0 radical (unpaired) electrons. The van der Waals surface area contributed by atoms with Gasteiger partial charge in [-0.15, -0.1) is 0 Å². The van der Waals surface area contributed by atoms with Crippen LogP contribution in [0.2, 0.25) is 0 Å². The number of amides is 2. The summed E-state index contributed by atoms with van der Waals surface area (Å²) in [6, 6.07) is 2.94. The smallest absolute Gasteiger partial charge is 0.243 e. The molecule has 1 aromatic rings. The zero-order valence-electron chi connectivity index (χ0n) is 7.86. The minimum Gasteiger partial charge on any atom is -0.323 e. The van der Waals surface area contributed by atoms with Crippen molar-refractivity contribution in [2.75, 3.05) is 5.32 Å². The second kappa shape index (κ2) is 4.05. The van der Waals surface area contributed by atoms with Gasteiger partial charge in [-0.2, -0.15) is 0 Å². The van der Waals surface area contributed by atoms with Gasteiger partial charge in [0.25, 0.3) is 0 Å². The molecule has 1 aromatic heterocycles. The SMILES string of the molecule is O=C1CC(C(=O)Nc2cccnc2)NN1. The molecule has 0 aliphatic carbocycles. The third-order valence-corrected chi connectivity index (χ3v) is 2.02. The van der Waals surface area contributed by atoms with E-state index in [4.69, 9.17) is 0 Å². The first kappa shape index (κ1) is 9.60. The highest BCUT2D eigenvalue weighted by Crippen LogP contribution is 2.06. The molecule has 0 bridgehead atoms. The quantitative estimate of drug-likeness (QED) is 0.604. The molecular formula is C9H10N4O2. The van der Waals surface area contributed by atoms with E-state index in [1.165, 1.54) is 0 Å². The Morgan fingerprint density at radius 2 is 2.47 bits per heavy atom. The van der Waals surface area contributed by atoms with Crippen LogP contribution in [0.5, 0.6) is 0 Å². The largest absolute Gasteiger partial charge is 0.323 e. The Labute approximate surface area is 86.0 Å². The molecule has 2 rings (SSSR count). The third kappa shape index (κ3) is 2.29. The van der Waals surface area contributed by atoms with Crippen molar-refractivity contribution in [1.82, 2.24) is 15.8 Å². The van der Waals surface area contributed by atoms with Gasteiger partial charge in [-0.25, -0.2) is 5.43 Å². The molecule has 0 spiro atoms. The van der Waals surface area contributed by atoms with E-state index in [9.17, 15) is 9.59 Å². The van der Waals surface area contributed by atoms with Gasteiger partial charge in [-0.3, -0.25) is 20.0 Å². The number of carbonyl (C=O) groups is 2. The lowest BCUT2D eigenvalue weighted by molar-refractivity contribution is -0.121. The van der Waals surface area contributed by atoms with Crippen molar-refractivity contribution in [1.29, 1.82) is 0 Å². The summed E-state index contributed by atoms with van der Waals surface area (Å²) in [5, 5.41) is 2.65. The van der Waals surface area contributed by atoms with Crippen molar-refractivity contribution in [3.63, 3.8) is 0 Å². The molecule has 6 nitrogen and oxygen atoms in total. The van der Waals surface area contributed by atoms with E-state index in [0.29, 0.717) is 5.69 Å². The molecule has 78 valence electrons. The predicted octanol–water partition coefficient (Wildman–Crippen LogP) is -0.587. The highest BCUT2D eigenvalue weighted by molar-refractivity contribution is 5.98. The summed E-state index contributed by atoms with van der Waals surface area (Å²) >= 11 is 0. The number of hydrazine groups is 1. The van der Waals surface area contributed by atoms with Gasteiger partial charge in [0.1, 0.15) is 6.04 Å². The van der Waals surface area contributed by atoms with Crippen LogP contribution in [0.1, 0.15) is 6.42 Å². The number of carbonyl (C=O) groups excluding carboxylic acids is 2. The van der Waals surface area contributed by atoms with Crippen LogP contribution in [-0.2, 0) is 9.59 Å². The zero-order chi connectivity index (χ0) is 10.7. The van der Waals surface area contributed by atoms with E-state index in [1.54, 1.807) is 24.5 Å². The molecule has 1 atom stereocenters. The van der Waals surface area contributed by atoms with Crippen LogP contribution in [-0.4, -0.2) is 22.8 Å². The summed E-state index contributed by atoms with van der Waals surface area (Å²) < 4.78 is 0. The first-order valence-corrected chi connectivity index (χ1v) is 4.51. The number of nitrogens with one attached hydrogen (secondary N) is 3. The molecule has 15 heavy (non-hydrogen) atoms. The molecular weight excluding hydrogens is 196 g/mol. The summed E-state index contributed by atoms with van der Waals surface area (Å²) in [6.07, 6.45) is 3.32. The van der Waals surface area contributed by atoms with Crippen LogP contribution in [0, 0.1) is 0 Å². The lowest BCUT2D eigenvalue weighted by atomic mass is 10.2. The molecule has 1 unspecified atom stereocenters. The van der Waals surface area contributed by atoms with Gasteiger partial charge in [0, 0.05) is 6.20 Å². The zero-order valence-corrected chi connectivity index (χ0v) is 7.86. The second-order valence-corrected chi connectivity index (χ2v) is 3.18. The van der Waals surface area contributed by atoms with Gasteiger partial charge in [0.2, 0.25) is 11.8 Å². The highest BCUT2D eigenvalue weighted by atomic mass is 16.2. The Morgan fingerprint density at radius 3 is 3.07 bits per heavy atom. The predicted molar refractivity (Wildman–Crippen MR) is 52.6 cm³/mol. The summed E-state index contributed by atoms with van der Waals surface area (Å²) in [6.45, 7) is 0. The highest BCUT2D eigenvalue weighted by Gasteiger charge is 2.27. The standard InChI is InChI=1S/C9H10N4O2/c14-8-4-7(12-13-8)9(15)11-6-2-1-3-10-5-6/h1-3,5,7,12H,4H2,(H,11,15)(H,13,14). The van der Waals surface area contributed by atoms with Crippen molar-refractivity contribution in [2.24, 2.45) is 0 Å². The van der Waals surface area contributed by atoms with Gasteiger partial charge in [-0.1, -0.05) is 0 Å². The average Bonchev–Trinajstić information content (AvgIpc) is 2.66. The fourth-order valence-corrected chi connectivity index (χ4v) is 1.28. The maximum absolute atomic E-state index is 11.6. The van der Waals surface area contributed by atoms with Gasteiger partial charge < -0.3 is 5.32 Å². The molecule has 1 fully saturated rings. The lowest BCUT2D eigenvalue weighted by Crippen LogP contribution is -2.39. The van der Waals surface area contributed by atoms with Crippen molar-refractivity contribution >= 4 is 17.5 Å². The molecule has 2 heterocycles. The van der Waals surface area contributed by atoms with E-state index in [1.807, 2.05) is 0 Å². The number of aromatic nitrogens is 1. The van der Waals surface area contributed by atoms with Gasteiger partial charge in [-0.05, 0) is 12.1 Å². The van der Waals surface area contributed by atoms with Crippen LogP contribution in [0.3, 0.4) is 0 Å². The number of hydrogen-bond donors (Lipinski definition) is 3. The normalized spacial score (nSPS) is 19.7. The molecule has 6 heteroatoms. The number of hydrogen-bond acceptors (Lipinski definition) is 4. The molecule has 1 saturated heterocycles. The average molecular weight is 206 g/mol. The minimum absolute atomic E-state index is 0.159. The fourth-order valence-electron chi connectivity index (χ4n) is 1.28. The van der Waals surface area contributed by atoms with Crippen LogP contribution in [0.15, 0.2) is 24.5 Å². The number of nitrogens with zero attached hydrogens (tertiary/aromatic N) is 1. The van der Waals surface area contributed by atoms with E-state index in [2.05, 4.69) is 21.2 Å². The molecule has 1 aliphatic rings. The van der Waals surface area contributed by atoms with Crippen LogP contribution >= 0.6 is 0 Å². The Morgan fingerprint density at radius 1 is 1.60 bits per heavy atom. The molecule has 2 amide bonds. The first-order chi connectivity index (χ1) is 7.25. The summed E-state index contributed by atoms with van der Waals surface area (Å²) in [5.41, 5.74) is 5.58. The monoisotopic (exact) mass is 206 g/mol. The summed E-state index contributed by atoms with van der Waals surface area (Å²) in [4.78, 5) is 26.3. The van der Waals surface area contributed by atoms with Crippen molar-refractivity contribution < 1.29 is 9.59 Å². The van der Waals surface area contributed by atoms with E-state index < -0.39 is 6.04 Å². The molecule has 1 aliphatic heterocycles. The van der Waals surface area contributed by atoms with Gasteiger partial charge >= 0.3 is 0 Å². The Balaban J connectivity index is 1.96. The number of rotatable bonds is 2. The number of pyridine rings is 1. The minimum atomic E-state index is -0.516. The maximum atomic E-state index is 11.6. The van der Waals surface area contributed by atoms with Crippen LogP contribution < -0.4 is 16.2 Å². The van der Waals surface area contributed by atoms with Crippen LogP contribution in [0.25, 0.3) is 0 Å². The Bertz CT molecular complexity index is 379. The van der Waals surface area contributed by atoms with Crippen molar-refractivity contribution in [3.8, 4) is 0 Å². The summed E-state index contributed by atoms with van der Waals surface area (Å²) in [7, 11) is 0. The van der Waals surface area contributed by atoms with E-state index >= 15 is 0 Å². The van der Waals surface area contributed by atoms with Crippen molar-refractivity contribution in [3.05, 3.63) is 24.5 Å². The molecule has 0 saturated carbocycles.